The predicted octanol–water partition coefficient (Wildman–Crippen LogP) is 3.74. The first kappa shape index (κ1) is 17.9. The van der Waals surface area contributed by atoms with E-state index in [9.17, 15) is 5.11 Å². The lowest BCUT2D eigenvalue weighted by Gasteiger charge is -2.11. The van der Waals surface area contributed by atoms with Crippen molar-refractivity contribution in [3.8, 4) is 0 Å². The van der Waals surface area contributed by atoms with Crippen LogP contribution < -0.4 is 0 Å². The molecule has 0 aromatic carbocycles. The van der Waals surface area contributed by atoms with E-state index in [0.29, 0.717) is 6.61 Å². The van der Waals surface area contributed by atoms with Gasteiger partial charge < -0.3 is 14.6 Å². The molecule has 1 atom stereocenters. The van der Waals surface area contributed by atoms with E-state index in [-0.39, 0.29) is 0 Å². The van der Waals surface area contributed by atoms with Crippen molar-refractivity contribution in [1.82, 2.24) is 0 Å². The number of rotatable bonds is 13. The maximum absolute atomic E-state index is 9.46. The van der Waals surface area contributed by atoms with Crippen LogP contribution >= 0.6 is 0 Å². The summed E-state index contributed by atoms with van der Waals surface area (Å²) in [6.07, 6.45) is 6.69. The van der Waals surface area contributed by atoms with Gasteiger partial charge in [-0.2, -0.15) is 0 Å². The Balaban J connectivity index is 3.07. The molecule has 0 aliphatic rings. The van der Waals surface area contributed by atoms with Crippen LogP contribution in [0.4, 0.5) is 0 Å². The van der Waals surface area contributed by atoms with Crippen molar-refractivity contribution in [2.75, 3.05) is 19.8 Å². The van der Waals surface area contributed by atoms with E-state index in [0.717, 1.165) is 64.1 Å². The maximum atomic E-state index is 9.46. The highest BCUT2D eigenvalue weighted by atomic mass is 16.6. The van der Waals surface area contributed by atoms with Gasteiger partial charge in [0.25, 0.3) is 0 Å². The van der Waals surface area contributed by atoms with Gasteiger partial charge in [0, 0.05) is 19.8 Å². The van der Waals surface area contributed by atoms with E-state index in [1.165, 1.54) is 0 Å². The Hall–Kier alpha value is -0.120. The summed E-state index contributed by atoms with van der Waals surface area (Å²) in [7, 11) is 0. The van der Waals surface area contributed by atoms with E-state index >= 15 is 0 Å². The van der Waals surface area contributed by atoms with Crippen molar-refractivity contribution in [2.24, 2.45) is 5.92 Å². The number of hydrogen-bond acceptors (Lipinski definition) is 3. The Morgan fingerprint density at radius 1 is 0.889 bits per heavy atom. The normalized spacial score (nSPS) is 13.2. The van der Waals surface area contributed by atoms with Gasteiger partial charge in [-0.1, -0.05) is 27.2 Å². The van der Waals surface area contributed by atoms with Crippen molar-refractivity contribution < 1.29 is 14.6 Å². The van der Waals surface area contributed by atoms with Crippen molar-refractivity contribution in [1.29, 1.82) is 0 Å². The minimum Gasteiger partial charge on any atom is -0.381 e. The molecule has 0 aliphatic heterocycles. The Morgan fingerprint density at radius 2 is 1.61 bits per heavy atom. The summed E-state index contributed by atoms with van der Waals surface area (Å²) < 4.78 is 10.9. The number of ether oxygens (including phenoxy) is 2. The third kappa shape index (κ3) is 13.9. The standard InChI is InChI=1S/C15H32O3/c1-4-5-9-15(16)18-12-8-6-7-11-17-13-10-14(2)3/h14-16H,4-13H2,1-3H3. The van der Waals surface area contributed by atoms with E-state index in [2.05, 4.69) is 20.8 Å². The maximum Gasteiger partial charge on any atom is 0.154 e. The highest BCUT2D eigenvalue weighted by Gasteiger charge is 2.02. The molecule has 0 aliphatic carbocycles. The molecule has 0 saturated carbocycles. The average molecular weight is 260 g/mol. The van der Waals surface area contributed by atoms with Crippen molar-refractivity contribution in [3.05, 3.63) is 0 Å². The molecule has 0 amide bonds. The van der Waals surface area contributed by atoms with E-state index in [4.69, 9.17) is 9.47 Å². The molecule has 1 N–H and O–H groups in total. The SMILES string of the molecule is CCCCC(O)OCCCCCOCCC(C)C. The molecular weight excluding hydrogens is 228 g/mol. The fourth-order valence-corrected chi connectivity index (χ4v) is 1.59. The molecule has 0 spiro atoms. The summed E-state index contributed by atoms with van der Waals surface area (Å²) in [5.41, 5.74) is 0. The van der Waals surface area contributed by atoms with Gasteiger partial charge in [-0.15, -0.1) is 0 Å². The molecule has 0 aromatic rings. The number of hydrogen-bond donors (Lipinski definition) is 1. The molecule has 1 unspecified atom stereocenters. The van der Waals surface area contributed by atoms with Crippen LogP contribution in [0.15, 0.2) is 0 Å². The summed E-state index contributed by atoms with van der Waals surface area (Å²) in [5, 5.41) is 9.46. The highest BCUT2D eigenvalue weighted by molar-refractivity contribution is 4.46. The van der Waals surface area contributed by atoms with Crippen LogP contribution in [0.2, 0.25) is 0 Å². The molecule has 0 rings (SSSR count). The topological polar surface area (TPSA) is 38.7 Å². The number of aliphatic hydroxyl groups excluding tert-OH is 1. The molecule has 3 nitrogen and oxygen atoms in total. The van der Waals surface area contributed by atoms with Gasteiger partial charge in [0.15, 0.2) is 6.29 Å². The first-order chi connectivity index (χ1) is 8.66. The van der Waals surface area contributed by atoms with Crippen LogP contribution in [0, 0.1) is 5.92 Å². The van der Waals surface area contributed by atoms with Crippen LogP contribution in [-0.2, 0) is 9.47 Å². The third-order valence-electron chi connectivity index (χ3n) is 2.89. The van der Waals surface area contributed by atoms with E-state index < -0.39 is 6.29 Å². The molecule has 0 radical (unpaired) electrons. The van der Waals surface area contributed by atoms with Gasteiger partial charge in [0.05, 0.1) is 0 Å². The first-order valence-corrected chi connectivity index (χ1v) is 7.54. The molecule has 0 heterocycles. The zero-order valence-electron chi connectivity index (χ0n) is 12.5. The molecule has 3 heteroatoms. The van der Waals surface area contributed by atoms with Crippen LogP contribution in [0.3, 0.4) is 0 Å². The first-order valence-electron chi connectivity index (χ1n) is 7.54. The largest absolute Gasteiger partial charge is 0.381 e. The van der Waals surface area contributed by atoms with E-state index in [1.54, 1.807) is 0 Å². The zero-order chi connectivity index (χ0) is 13.6. The smallest absolute Gasteiger partial charge is 0.154 e. The fourth-order valence-electron chi connectivity index (χ4n) is 1.59. The third-order valence-corrected chi connectivity index (χ3v) is 2.89. The molecule has 0 saturated heterocycles. The lowest BCUT2D eigenvalue weighted by molar-refractivity contribution is -0.105. The fraction of sp³-hybridized carbons (Fsp3) is 1.00. The molecular formula is C15H32O3. The number of aliphatic hydroxyl groups is 1. The van der Waals surface area contributed by atoms with Crippen molar-refractivity contribution in [2.45, 2.75) is 72.0 Å². The van der Waals surface area contributed by atoms with Crippen LogP contribution in [0.1, 0.15) is 65.7 Å². The second-order valence-electron chi connectivity index (χ2n) is 5.32. The Labute approximate surface area is 113 Å². The van der Waals surface area contributed by atoms with Gasteiger partial charge in [-0.05, 0) is 44.4 Å². The second-order valence-corrected chi connectivity index (χ2v) is 5.32. The summed E-state index contributed by atoms with van der Waals surface area (Å²) >= 11 is 0. The average Bonchev–Trinajstić information content (AvgIpc) is 2.34. The molecule has 110 valence electrons. The minimum absolute atomic E-state index is 0.563. The number of unbranched alkanes of at least 4 members (excludes halogenated alkanes) is 3. The van der Waals surface area contributed by atoms with Gasteiger partial charge in [0.1, 0.15) is 0 Å². The quantitative estimate of drug-likeness (QED) is 0.405. The molecule has 18 heavy (non-hydrogen) atoms. The lowest BCUT2D eigenvalue weighted by Crippen LogP contribution is -2.12. The van der Waals surface area contributed by atoms with Gasteiger partial charge in [-0.25, -0.2) is 0 Å². The van der Waals surface area contributed by atoms with Crippen LogP contribution in [0.25, 0.3) is 0 Å². The van der Waals surface area contributed by atoms with Crippen molar-refractivity contribution >= 4 is 0 Å². The van der Waals surface area contributed by atoms with Gasteiger partial charge in [-0.3, -0.25) is 0 Å². The Bertz CT molecular complexity index is 160. The summed E-state index contributed by atoms with van der Waals surface area (Å²) in [4.78, 5) is 0. The Morgan fingerprint density at radius 3 is 2.28 bits per heavy atom. The lowest BCUT2D eigenvalue weighted by atomic mass is 10.1. The highest BCUT2D eigenvalue weighted by Crippen LogP contribution is 2.04. The minimum atomic E-state index is -0.563. The summed E-state index contributed by atoms with van der Waals surface area (Å²) in [5.74, 6) is 0.725. The monoisotopic (exact) mass is 260 g/mol. The Kier molecular flexibility index (Phi) is 13.2. The van der Waals surface area contributed by atoms with Gasteiger partial charge in [0.2, 0.25) is 0 Å². The molecule has 0 aromatic heterocycles. The van der Waals surface area contributed by atoms with Crippen molar-refractivity contribution in [3.63, 3.8) is 0 Å². The molecule has 0 fully saturated rings. The molecule has 0 bridgehead atoms. The zero-order valence-corrected chi connectivity index (χ0v) is 12.5. The van der Waals surface area contributed by atoms with Crippen LogP contribution in [-0.4, -0.2) is 31.2 Å². The van der Waals surface area contributed by atoms with E-state index in [1.807, 2.05) is 0 Å². The summed E-state index contributed by atoms with van der Waals surface area (Å²) in [6, 6.07) is 0. The van der Waals surface area contributed by atoms with Crippen LogP contribution in [0.5, 0.6) is 0 Å². The second kappa shape index (κ2) is 13.3. The van der Waals surface area contributed by atoms with Gasteiger partial charge >= 0.3 is 0 Å². The summed E-state index contributed by atoms with van der Waals surface area (Å²) in [6.45, 7) is 8.94. The predicted molar refractivity (Wildman–Crippen MR) is 75.6 cm³/mol.